The Kier molecular flexibility index (Phi) is 4.90. The maximum Gasteiger partial charge on any atom is 0.218 e. The maximum atomic E-state index is 5.80. The van der Waals surface area contributed by atoms with Gasteiger partial charge in [0.25, 0.3) is 0 Å². The van der Waals surface area contributed by atoms with Crippen molar-refractivity contribution in [2.45, 2.75) is 26.2 Å². The molecule has 0 bridgehead atoms. The van der Waals surface area contributed by atoms with Crippen LogP contribution in [0.2, 0.25) is 0 Å². The van der Waals surface area contributed by atoms with Crippen LogP contribution in [-0.4, -0.2) is 17.1 Å². The Bertz CT molecular complexity index is 861. The molecule has 3 aromatic rings. The summed E-state index contributed by atoms with van der Waals surface area (Å²) in [5.74, 6) is 2.21. The Morgan fingerprint density at radius 3 is 2.68 bits per heavy atom. The lowest BCUT2D eigenvalue weighted by Crippen LogP contribution is -2.09. The van der Waals surface area contributed by atoms with E-state index in [0.717, 1.165) is 27.9 Å². The minimum absolute atomic E-state index is 0.0612. The van der Waals surface area contributed by atoms with E-state index in [9.17, 15) is 0 Å². The second kappa shape index (κ2) is 7.11. The first-order valence-electron chi connectivity index (χ1n) is 7.94. The zero-order valence-corrected chi connectivity index (χ0v) is 15.6. The van der Waals surface area contributed by atoms with E-state index in [4.69, 9.17) is 9.15 Å². The molecule has 0 spiro atoms. The van der Waals surface area contributed by atoms with E-state index in [0.29, 0.717) is 5.89 Å². The number of nitrogens with zero attached hydrogens (tertiary/aromatic N) is 2. The number of hydrogen-bond acceptors (Lipinski definition) is 6. The SMILES string of the molecule is COc1ccc(Nc2nccs2)cc1/C=C/c1ncc(C(C)(C)C)o1. The van der Waals surface area contributed by atoms with Gasteiger partial charge in [-0.15, -0.1) is 11.3 Å². The van der Waals surface area contributed by atoms with E-state index in [1.54, 1.807) is 30.8 Å². The number of thiazole rings is 1. The molecule has 0 aliphatic carbocycles. The third kappa shape index (κ3) is 4.28. The summed E-state index contributed by atoms with van der Waals surface area (Å²) in [6.07, 6.45) is 7.33. The molecule has 2 heterocycles. The largest absolute Gasteiger partial charge is 0.496 e. The van der Waals surface area contributed by atoms with Crippen LogP contribution in [0.15, 0.2) is 40.4 Å². The molecule has 3 rings (SSSR count). The van der Waals surface area contributed by atoms with Gasteiger partial charge in [-0.3, -0.25) is 0 Å². The summed E-state index contributed by atoms with van der Waals surface area (Å²) in [7, 11) is 1.66. The molecule has 25 heavy (non-hydrogen) atoms. The fourth-order valence-corrected chi connectivity index (χ4v) is 2.77. The van der Waals surface area contributed by atoms with Gasteiger partial charge >= 0.3 is 0 Å². The number of methoxy groups -OCH3 is 1. The summed E-state index contributed by atoms with van der Waals surface area (Å²) in [4.78, 5) is 8.55. The maximum absolute atomic E-state index is 5.80. The van der Waals surface area contributed by atoms with E-state index >= 15 is 0 Å². The van der Waals surface area contributed by atoms with Gasteiger partial charge in [0.1, 0.15) is 11.5 Å². The summed E-state index contributed by atoms with van der Waals surface area (Å²) in [6, 6.07) is 5.89. The average molecular weight is 355 g/mol. The number of nitrogens with one attached hydrogen (secondary N) is 1. The van der Waals surface area contributed by atoms with Gasteiger partial charge in [0.2, 0.25) is 5.89 Å². The van der Waals surface area contributed by atoms with Crippen LogP contribution in [0.25, 0.3) is 12.2 Å². The van der Waals surface area contributed by atoms with Gasteiger partial charge in [-0.2, -0.15) is 0 Å². The van der Waals surface area contributed by atoms with E-state index in [1.807, 2.05) is 35.7 Å². The van der Waals surface area contributed by atoms with Gasteiger partial charge in [0.15, 0.2) is 5.13 Å². The van der Waals surface area contributed by atoms with Crippen LogP contribution in [0.4, 0.5) is 10.8 Å². The van der Waals surface area contributed by atoms with Crippen molar-refractivity contribution >= 4 is 34.3 Å². The molecule has 0 aliphatic heterocycles. The van der Waals surface area contributed by atoms with Crippen molar-refractivity contribution in [3.05, 3.63) is 53.2 Å². The van der Waals surface area contributed by atoms with Crippen LogP contribution >= 0.6 is 11.3 Å². The second-order valence-electron chi connectivity index (χ2n) is 6.57. The number of rotatable bonds is 5. The topological polar surface area (TPSA) is 60.2 Å². The van der Waals surface area contributed by atoms with Crippen molar-refractivity contribution < 1.29 is 9.15 Å². The summed E-state index contributed by atoms with van der Waals surface area (Å²) in [6.45, 7) is 6.29. The molecule has 1 N–H and O–H groups in total. The van der Waals surface area contributed by atoms with Crippen LogP contribution < -0.4 is 10.1 Å². The zero-order chi connectivity index (χ0) is 17.9. The number of oxazole rings is 1. The van der Waals surface area contributed by atoms with Crippen LogP contribution in [-0.2, 0) is 5.41 Å². The van der Waals surface area contributed by atoms with E-state index in [1.165, 1.54) is 0 Å². The Morgan fingerprint density at radius 1 is 1.20 bits per heavy atom. The monoisotopic (exact) mass is 355 g/mol. The molecule has 0 saturated heterocycles. The minimum atomic E-state index is -0.0612. The minimum Gasteiger partial charge on any atom is -0.496 e. The first kappa shape index (κ1) is 17.2. The van der Waals surface area contributed by atoms with Crippen molar-refractivity contribution in [1.29, 1.82) is 0 Å². The molecular weight excluding hydrogens is 334 g/mol. The molecule has 0 unspecified atom stereocenters. The number of aromatic nitrogens is 2. The highest BCUT2D eigenvalue weighted by Gasteiger charge is 2.18. The van der Waals surface area contributed by atoms with E-state index < -0.39 is 0 Å². The van der Waals surface area contributed by atoms with Crippen LogP contribution in [0.3, 0.4) is 0 Å². The van der Waals surface area contributed by atoms with Crippen LogP contribution in [0, 0.1) is 0 Å². The Balaban J connectivity index is 1.83. The summed E-state index contributed by atoms with van der Waals surface area (Å²) < 4.78 is 11.2. The Morgan fingerprint density at radius 2 is 2.04 bits per heavy atom. The molecule has 0 fully saturated rings. The molecule has 0 aliphatic rings. The predicted molar refractivity (Wildman–Crippen MR) is 103 cm³/mol. The normalized spacial score (nSPS) is 11.8. The number of anilines is 2. The third-order valence-electron chi connectivity index (χ3n) is 3.58. The summed E-state index contributed by atoms with van der Waals surface area (Å²) in [5.41, 5.74) is 1.81. The fourth-order valence-electron chi connectivity index (χ4n) is 2.22. The van der Waals surface area contributed by atoms with Gasteiger partial charge < -0.3 is 14.5 Å². The van der Waals surface area contributed by atoms with Crippen molar-refractivity contribution in [3.8, 4) is 5.75 Å². The molecule has 2 aromatic heterocycles. The lowest BCUT2D eigenvalue weighted by molar-refractivity contribution is 0.403. The summed E-state index contributed by atoms with van der Waals surface area (Å²) in [5, 5.41) is 6.06. The highest BCUT2D eigenvalue weighted by Crippen LogP contribution is 2.28. The third-order valence-corrected chi connectivity index (χ3v) is 4.27. The molecule has 0 radical (unpaired) electrons. The lowest BCUT2D eigenvalue weighted by atomic mass is 9.94. The van der Waals surface area contributed by atoms with Crippen molar-refractivity contribution in [1.82, 2.24) is 9.97 Å². The first-order valence-corrected chi connectivity index (χ1v) is 8.82. The Labute approximate surface area is 151 Å². The van der Waals surface area contributed by atoms with Crippen molar-refractivity contribution in [2.24, 2.45) is 0 Å². The highest BCUT2D eigenvalue weighted by molar-refractivity contribution is 7.13. The van der Waals surface area contributed by atoms with Gasteiger partial charge in [0.05, 0.1) is 13.3 Å². The molecule has 0 saturated carbocycles. The fraction of sp³-hybridized carbons (Fsp3) is 0.263. The number of ether oxygens (including phenoxy) is 1. The highest BCUT2D eigenvalue weighted by atomic mass is 32.1. The quantitative estimate of drug-likeness (QED) is 0.668. The molecular formula is C19H21N3O2S. The molecule has 130 valence electrons. The average Bonchev–Trinajstić information content (AvgIpc) is 3.24. The standard InChI is InChI=1S/C19H21N3O2S/c1-19(2,3)16-12-21-17(24-16)8-5-13-11-14(6-7-15(13)23-4)22-18-20-9-10-25-18/h5-12H,1-4H3,(H,20,22)/b8-5+. The van der Waals surface area contributed by atoms with E-state index in [2.05, 4.69) is 36.1 Å². The Hall–Kier alpha value is -2.60. The van der Waals surface area contributed by atoms with Gasteiger partial charge in [-0.05, 0) is 24.3 Å². The number of hydrogen-bond donors (Lipinski definition) is 1. The molecule has 0 atom stereocenters. The predicted octanol–water partition coefficient (Wildman–Crippen LogP) is 5.35. The smallest absolute Gasteiger partial charge is 0.218 e. The summed E-state index contributed by atoms with van der Waals surface area (Å²) >= 11 is 1.55. The van der Waals surface area contributed by atoms with Gasteiger partial charge in [0, 0.05) is 34.3 Å². The van der Waals surface area contributed by atoms with E-state index in [-0.39, 0.29) is 5.41 Å². The van der Waals surface area contributed by atoms with Crippen molar-refractivity contribution in [3.63, 3.8) is 0 Å². The van der Waals surface area contributed by atoms with Crippen molar-refractivity contribution in [2.75, 3.05) is 12.4 Å². The second-order valence-corrected chi connectivity index (χ2v) is 7.46. The van der Waals surface area contributed by atoms with Crippen LogP contribution in [0.1, 0.15) is 38.0 Å². The number of benzene rings is 1. The van der Waals surface area contributed by atoms with Gasteiger partial charge in [-0.25, -0.2) is 9.97 Å². The molecule has 6 heteroatoms. The lowest BCUT2D eigenvalue weighted by Gasteiger charge is -2.12. The molecule has 1 aromatic carbocycles. The van der Waals surface area contributed by atoms with Crippen LogP contribution in [0.5, 0.6) is 5.75 Å². The molecule has 5 nitrogen and oxygen atoms in total. The zero-order valence-electron chi connectivity index (χ0n) is 14.7. The first-order chi connectivity index (χ1) is 12.0. The van der Waals surface area contributed by atoms with Gasteiger partial charge in [-0.1, -0.05) is 20.8 Å². The molecule has 0 amide bonds.